The fourth-order valence-corrected chi connectivity index (χ4v) is 4.20. The van der Waals surface area contributed by atoms with E-state index in [0.29, 0.717) is 28.4 Å². The van der Waals surface area contributed by atoms with Gasteiger partial charge in [-0.2, -0.15) is 0 Å². The van der Waals surface area contributed by atoms with Gasteiger partial charge in [-0.15, -0.1) is 0 Å². The number of hydrogen-bond acceptors (Lipinski definition) is 4. The highest BCUT2D eigenvalue weighted by molar-refractivity contribution is 6.06. The number of anilines is 3. The SMILES string of the molecule is CC1CCN(C(=O)c2cccc(NCC(=O)Nc3ccc(C(=O)N(C)c4ccccc4)cc3)c2)CC1. The van der Waals surface area contributed by atoms with E-state index in [1.165, 1.54) is 0 Å². The van der Waals surface area contributed by atoms with Gasteiger partial charge in [0.1, 0.15) is 0 Å². The first-order valence-corrected chi connectivity index (χ1v) is 12.3. The number of carbonyl (C=O) groups is 3. The molecule has 1 aliphatic rings. The van der Waals surface area contributed by atoms with Crippen LogP contribution in [-0.4, -0.2) is 49.3 Å². The number of nitrogens with one attached hydrogen (secondary N) is 2. The summed E-state index contributed by atoms with van der Waals surface area (Å²) in [7, 11) is 1.73. The predicted molar refractivity (Wildman–Crippen MR) is 143 cm³/mol. The Labute approximate surface area is 212 Å². The summed E-state index contributed by atoms with van der Waals surface area (Å²) >= 11 is 0. The zero-order valence-corrected chi connectivity index (χ0v) is 20.7. The molecule has 0 aliphatic carbocycles. The van der Waals surface area contributed by atoms with Crippen molar-refractivity contribution in [2.75, 3.05) is 42.2 Å². The van der Waals surface area contributed by atoms with E-state index in [1.54, 1.807) is 42.3 Å². The molecule has 0 spiro atoms. The minimum Gasteiger partial charge on any atom is -0.376 e. The van der Waals surface area contributed by atoms with E-state index in [0.717, 1.165) is 31.6 Å². The number of amides is 3. The van der Waals surface area contributed by atoms with Gasteiger partial charge in [-0.05, 0) is 73.4 Å². The lowest BCUT2D eigenvalue weighted by Crippen LogP contribution is -2.37. The van der Waals surface area contributed by atoms with Crippen LogP contribution in [0.2, 0.25) is 0 Å². The third-order valence-corrected chi connectivity index (χ3v) is 6.50. The summed E-state index contributed by atoms with van der Waals surface area (Å²) in [5, 5.41) is 5.92. The zero-order valence-electron chi connectivity index (χ0n) is 20.7. The summed E-state index contributed by atoms with van der Waals surface area (Å²) in [5.41, 5.74) is 3.27. The summed E-state index contributed by atoms with van der Waals surface area (Å²) in [6, 6.07) is 23.5. The summed E-state index contributed by atoms with van der Waals surface area (Å²) in [5.74, 6) is 0.335. The number of benzene rings is 3. The number of carbonyl (C=O) groups excluding carboxylic acids is 3. The molecular weight excluding hydrogens is 452 g/mol. The van der Waals surface area contributed by atoms with E-state index in [2.05, 4.69) is 17.6 Å². The average molecular weight is 485 g/mol. The molecule has 0 aromatic heterocycles. The molecule has 7 nitrogen and oxygen atoms in total. The fraction of sp³-hybridized carbons (Fsp3) is 0.276. The fourth-order valence-electron chi connectivity index (χ4n) is 4.20. The number of likely N-dealkylation sites (tertiary alicyclic amines) is 1. The molecule has 0 atom stereocenters. The smallest absolute Gasteiger partial charge is 0.258 e. The lowest BCUT2D eigenvalue weighted by Gasteiger charge is -2.30. The van der Waals surface area contributed by atoms with Crippen LogP contribution in [0.1, 0.15) is 40.5 Å². The molecule has 0 unspecified atom stereocenters. The minimum atomic E-state index is -0.225. The van der Waals surface area contributed by atoms with Crippen molar-refractivity contribution in [3.8, 4) is 0 Å². The largest absolute Gasteiger partial charge is 0.376 e. The van der Waals surface area contributed by atoms with E-state index in [1.807, 2.05) is 53.4 Å². The quantitative estimate of drug-likeness (QED) is 0.501. The molecule has 3 aromatic carbocycles. The highest BCUT2D eigenvalue weighted by Crippen LogP contribution is 2.20. The Morgan fingerprint density at radius 3 is 2.25 bits per heavy atom. The maximum Gasteiger partial charge on any atom is 0.258 e. The third-order valence-electron chi connectivity index (χ3n) is 6.50. The van der Waals surface area contributed by atoms with E-state index in [4.69, 9.17) is 0 Å². The highest BCUT2D eigenvalue weighted by Gasteiger charge is 2.21. The van der Waals surface area contributed by atoms with Crippen LogP contribution in [0.4, 0.5) is 17.1 Å². The van der Waals surface area contributed by atoms with E-state index in [-0.39, 0.29) is 24.3 Å². The minimum absolute atomic E-state index is 0.0301. The summed E-state index contributed by atoms with van der Waals surface area (Å²) in [6.07, 6.45) is 2.06. The number of piperidine rings is 1. The van der Waals surface area contributed by atoms with Crippen LogP contribution in [0.5, 0.6) is 0 Å². The van der Waals surface area contributed by atoms with E-state index in [9.17, 15) is 14.4 Å². The molecule has 3 amide bonds. The Bertz CT molecular complexity index is 1200. The third kappa shape index (κ3) is 6.30. The van der Waals surface area contributed by atoms with Gasteiger partial charge >= 0.3 is 0 Å². The topological polar surface area (TPSA) is 81.8 Å². The van der Waals surface area contributed by atoms with Gasteiger partial charge in [0, 0.05) is 48.3 Å². The molecule has 4 rings (SSSR count). The Balaban J connectivity index is 1.29. The highest BCUT2D eigenvalue weighted by atomic mass is 16.2. The first-order chi connectivity index (χ1) is 17.4. The molecule has 0 saturated carbocycles. The average Bonchev–Trinajstić information content (AvgIpc) is 2.92. The van der Waals surface area contributed by atoms with E-state index >= 15 is 0 Å². The lowest BCUT2D eigenvalue weighted by atomic mass is 9.98. The molecule has 2 N–H and O–H groups in total. The van der Waals surface area contributed by atoms with Gasteiger partial charge in [0.05, 0.1) is 6.54 Å². The van der Waals surface area contributed by atoms with Crippen LogP contribution >= 0.6 is 0 Å². The van der Waals surface area contributed by atoms with Gasteiger partial charge in [0.2, 0.25) is 5.91 Å². The van der Waals surface area contributed by atoms with Crippen LogP contribution in [0, 0.1) is 5.92 Å². The Morgan fingerprint density at radius 2 is 1.56 bits per heavy atom. The van der Waals surface area contributed by atoms with Crippen molar-refractivity contribution in [2.45, 2.75) is 19.8 Å². The standard InChI is InChI=1S/C29H32N4O3/c1-21-15-17-33(18-16-21)29(36)23-7-6-8-25(19-23)30-20-27(34)31-24-13-11-22(12-14-24)28(35)32(2)26-9-4-3-5-10-26/h3-14,19,21,30H,15-18,20H2,1-2H3,(H,31,34). The second kappa shape index (κ2) is 11.5. The monoisotopic (exact) mass is 484 g/mol. The van der Waals surface area contributed by atoms with Gasteiger partial charge in [-0.3, -0.25) is 14.4 Å². The Hall–Kier alpha value is -4.13. The summed E-state index contributed by atoms with van der Waals surface area (Å²) in [6.45, 7) is 3.84. The Morgan fingerprint density at radius 1 is 0.861 bits per heavy atom. The maximum atomic E-state index is 12.8. The molecule has 7 heteroatoms. The number of para-hydroxylation sites is 1. The molecule has 0 bridgehead atoms. The van der Waals surface area contributed by atoms with Crippen LogP contribution in [-0.2, 0) is 4.79 Å². The van der Waals surface area contributed by atoms with Crippen molar-refractivity contribution in [3.05, 3.63) is 90.0 Å². The molecule has 1 heterocycles. The second-order valence-electron chi connectivity index (χ2n) is 9.23. The van der Waals surface area contributed by atoms with Crippen LogP contribution in [0.3, 0.4) is 0 Å². The number of hydrogen-bond donors (Lipinski definition) is 2. The van der Waals surface area contributed by atoms with Crippen LogP contribution in [0.25, 0.3) is 0 Å². The van der Waals surface area contributed by atoms with Crippen molar-refractivity contribution in [2.24, 2.45) is 5.92 Å². The maximum absolute atomic E-state index is 12.8. The second-order valence-corrected chi connectivity index (χ2v) is 9.23. The van der Waals surface area contributed by atoms with Gasteiger partial charge in [-0.1, -0.05) is 31.2 Å². The van der Waals surface area contributed by atoms with Gasteiger partial charge < -0.3 is 20.4 Å². The van der Waals surface area contributed by atoms with Gasteiger partial charge in [0.25, 0.3) is 11.8 Å². The number of nitrogens with zero attached hydrogens (tertiary/aromatic N) is 2. The molecule has 36 heavy (non-hydrogen) atoms. The first-order valence-electron chi connectivity index (χ1n) is 12.3. The van der Waals surface area contributed by atoms with Crippen molar-refractivity contribution in [3.63, 3.8) is 0 Å². The molecule has 1 aliphatic heterocycles. The molecule has 186 valence electrons. The van der Waals surface area contributed by atoms with Crippen LogP contribution in [0.15, 0.2) is 78.9 Å². The van der Waals surface area contributed by atoms with Crippen molar-refractivity contribution in [1.82, 2.24) is 4.90 Å². The molecule has 3 aromatic rings. The normalized spacial score (nSPS) is 13.7. The number of rotatable bonds is 7. The van der Waals surface area contributed by atoms with E-state index < -0.39 is 0 Å². The van der Waals surface area contributed by atoms with Crippen molar-refractivity contribution < 1.29 is 14.4 Å². The van der Waals surface area contributed by atoms with Crippen LogP contribution < -0.4 is 15.5 Å². The lowest BCUT2D eigenvalue weighted by molar-refractivity contribution is -0.114. The first kappa shape index (κ1) is 25.0. The molecule has 1 fully saturated rings. The molecule has 0 radical (unpaired) electrons. The predicted octanol–water partition coefficient (Wildman–Crippen LogP) is 4.89. The van der Waals surface area contributed by atoms with Gasteiger partial charge in [0.15, 0.2) is 0 Å². The summed E-state index contributed by atoms with van der Waals surface area (Å²) < 4.78 is 0. The van der Waals surface area contributed by atoms with Crippen molar-refractivity contribution >= 4 is 34.8 Å². The summed E-state index contributed by atoms with van der Waals surface area (Å²) in [4.78, 5) is 41.5. The molecule has 1 saturated heterocycles. The van der Waals surface area contributed by atoms with Gasteiger partial charge in [-0.25, -0.2) is 0 Å². The van der Waals surface area contributed by atoms with Crippen molar-refractivity contribution in [1.29, 1.82) is 0 Å². The zero-order chi connectivity index (χ0) is 25.5. The molecular formula is C29H32N4O3. The Kier molecular flexibility index (Phi) is 8.00.